The Bertz CT molecular complexity index is 1080. The van der Waals surface area contributed by atoms with Crippen LogP contribution < -0.4 is 15.4 Å². The van der Waals surface area contributed by atoms with Crippen molar-refractivity contribution >= 4 is 22.6 Å². The van der Waals surface area contributed by atoms with Crippen LogP contribution in [0, 0.1) is 11.3 Å². The summed E-state index contributed by atoms with van der Waals surface area (Å²) in [6, 6.07) is 15.7. The van der Waals surface area contributed by atoms with E-state index in [1.54, 1.807) is 7.11 Å². The summed E-state index contributed by atoms with van der Waals surface area (Å²) in [4.78, 5) is 12.0. The van der Waals surface area contributed by atoms with Gasteiger partial charge in [0.15, 0.2) is 0 Å². The van der Waals surface area contributed by atoms with E-state index in [0.29, 0.717) is 17.8 Å². The molecule has 3 rings (SSSR count). The Kier molecular flexibility index (Phi) is 7.55. The maximum Gasteiger partial charge on any atom is 0.319 e. The number of rotatable bonds is 9. The van der Waals surface area contributed by atoms with Crippen LogP contribution in [-0.2, 0) is 6.54 Å². The number of aromatic nitrogens is 1. The Morgan fingerprint density at radius 2 is 1.84 bits per heavy atom. The van der Waals surface area contributed by atoms with Crippen LogP contribution in [0.2, 0.25) is 0 Å². The number of unbranched alkanes of at least 4 members (excludes halogenated alkanes) is 2. The lowest BCUT2D eigenvalue weighted by atomic mass is 10.1. The molecule has 0 saturated carbocycles. The molecule has 2 aromatic carbocycles. The average molecular weight is 419 g/mol. The van der Waals surface area contributed by atoms with Gasteiger partial charge in [0.1, 0.15) is 11.8 Å². The molecule has 0 atom stereocenters. The highest BCUT2D eigenvalue weighted by Gasteiger charge is 2.19. The summed E-state index contributed by atoms with van der Waals surface area (Å²) in [5.74, 6) is 0.771. The van der Waals surface area contributed by atoms with Crippen LogP contribution >= 0.6 is 0 Å². The lowest BCUT2D eigenvalue weighted by Crippen LogP contribution is -2.29. The predicted octanol–water partition coefficient (Wildman–Crippen LogP) is 5.91. The van der Waals surface area contributed by atoms with Gasteiger partial charge in [0.25, 0.3) is 0 Å². The molecule has 3 aromatic rings. The molecule has 6 nitrogen and oxygen atoms in total. The molecule has 0 bridgehead atoms. The van der Waals surface area contributed by atoms with Gasteiger partial charge in [0, 0.05) is 30.2 Å². The van der Waals surface area contributed by atoms with Gasteiger partial charge in [-0.15, -0.1) is 0 Å². The third-order valence-corrected chi connectivity index (χ3v) is 5.35. The zero-order valence-electron chi connectivity index (χ0n) is 18.5. The van der Waals surface area contributed by atoms with Crippen molar-refractivity contribution in [2.45, 2.75) is 46.1 Å². The Morgan fingerprint density at radius 3 is 2.48 bits per heavy atom. The molecule has 0 aliphatic carbocycles. The molecule has 0 saturated heterocycles. The van der Waals surface area contributed by atoms with Crippen LogP contribution in [0.5, 0.6) is 5.75 Å². The highest BCUT2D eigenvalue weighted by Crippen LogP contribution is 2.36. The average Bonchev–Trinajstić information content (AvgIpc) is 3.10. The maximum absolute atomic E-state index is 12.0. The Hall–Kier alpha value is -3.46. The number of hydrogen-bond acceptors (Lipinski definition) is 3. The zero-order valence-corrected chi connectivity index (χ0v) is 18.5. The van der Waals surface area contributed by atoms with Crippen LogP contribution in [0.1, 0.15) is 45.1 Å². The summed E-state index contributed by atoms with van der Waals surface area (Å²) >= 11 is 0. The summed E-state index contributed by atoms with van der Waals surface area (Å²) in [5.41, 5.74) is 4.22. The van der Waals surface area contributed by atoms with Crippen LogP contribution in [0.15, 0.2) is 42.5 Å². The van der Waals surface area contributed by atoms with Gasteiger partial charge < -0.3 is 19.9 Å². The molecule has 0 spiro atoms. The third-order valence-electron chi connectivity index (χ3n) is 5.35. The third kappa shape index (κ3) is 5.00. The minimum Gasteiger partial charge on any atom is -0.497 e. The molecular formula is C25H30N4O2. The summed E-state index contributed by atoms with van der Waals surface area (Å²) in [5, 5.41) is 16.6. The van der Waals surface area contributed by atoms with E-state index < -0.39 is 0 Å². The number of fused-ring (bicyclic) bond motifs is 1. The van der Waals surface area contributed by atoms with E-state index in [4.69, 9.17) is 4.74 Å². The number of carbonyl (C=O) groups is 1. The number of carbonyl (C=O) groups excluding carboxylic acids is 1. The fourth-order valence-electron chi connectivity index (χ4n) is 3.68. The van der Waals surface area contributed by atoms with E-state index in [2.05, 4.69) is 35.1 Å². The molecule has 0 radical (unpaired) electrons. The topological polar surface area (TPSA) is 79.1 Å². The molecular weight excluding hydrogens is 388 g/mol. The van der Waals surface area contributed by atoms with Crippen molar-refractivity contribution in [2.24, 2.45) is 0 Å². The van der Waals surface area contributed by atoms with Gasteiger partial charge >= 0.3 is 6.03 Å². The molecule has 162 valence electrons. The van der Waals surface area contributed by atoms with Gasteiger partial charge in [0.2, 0.25) is 0 Å². The number of methoxy groups -OCH3 is 1. The summed E-state index contributed by atoms with van der Waals surface area (Å²) in [6.07, 6.45) is 4.06. The SMILES string of the molecule is CCCCNC(=O)Nc1ccc(-c2c(C#N)c3ccc(OC)cc3n2CCCC)cc1. The highest BCUT2D eigenvalue weighted by atomic mass is 16.5. The van der Waals surface area contributed by atoms with Crippen molar-refractivity contribution in [1.29, 1.82) is 5.26 Å². The summed E-state index contributed by atoms with van der Waals surface area (Å²) < 4.78 is 7.62. The van der Waals surface area contributed by atoms with Gasteiger partial charge in [0.05, 0.1) is 23.9 Å². The minimum atomic E-state index is -0.205. The standard InChI is InChI=1S/C25H30N4O2/c1-4-6-14-27-25(30)28-19-10-8-18(9-11-19)24-22(17-26)21-13-12-20(31-3)16-23(21)29(24)15-7-5-2/h8-13,16H,4-7,14-15H2,1-3H3,(H2,27,28,30). The number of urea groups is 1. The number of ether oxygens (including phenoxy) is 1. The number of aryl methyl sites for hydroxylation is 1. The molecule has 2 amide bonds. The molecule has 31 heavy (non-hydrogen) atoms. The Balaban J connectivity index is 1.97. The van der Waals surface area contributed by atoms with Gasteiger partial charge in [-0.05, 0) is 42.7 Å². The monoisotopic (exact) mass is 418 g/mol. The van der Waals surface area contributed by atoms with Crippen molar-refractivity contribution < 1.29 is 9.53 Å². The van der Waals surface area contributed by atoms with E-state index in [-0.39, 0.29) is 6.03 Å². The predicted molar refractivity (Wildman–Crippen MR) is 125 cm³/mol. The second kappa shape index (κ2) is 10.5. The number of nitrogens with zero attached hydrogens (tertiary/aromatic N) is 2. The molecule has 0 fully saturated rings. The van der Waals surface area contributed by atoms with Gasteiger partial charge in [-0.1, -0.05) is 38.8 Å². The second-order valence-corrected chi connectivity index (χ2v) is 7.54. The van der Waals surface area contributed by atoms with Crippen molar-refractivity contribution in [3.63, 3.8) is 0 Å². The van der Waals surface area contributed by atoms with E-state index in [1.165, 1.54) is 0 Å². The van der Waals surface area contributed by atoms with Crippen LogP contribution in [0.4, 0.5) is 10.5 Å². The Morgan fingerprint density at radius 1 is 1.10 bits per heavy atom. The molecule has 0 aliphatic rings. The normalized spacial score (nSPS) is 10.6. The fourth-order valence-corrected chi connectivity index (χ4v) is 3.68. The number of amides is 2. The van der Waals surface area contributed by atoms with Crippen molar-refractivity contribution in [2.75, 3.05) is 19.0 Å². The van der Waals surface area contributed by atoms with Gasteiger partial charge in [-0.2, -0.15) is 5.26 Å². The lowest BCUT2D eigenvalue weighted by molar-refractivity contribution is 0.252. The molecule has 1 heterocycles. The second-order valence-electron chi connectivity index (χ2n) is 7.54. The number of anilines is 1. The summed E-state index contributed by atoms with van der Waals surface area (Å²) in [7, 11) is 1.65. The first-order valence-corrected chi connectivity index (χ1v) is 10.9. The fraction of sp³-hybridized carbons (Fsp3) is 0.360. The van der Waals surface area contributed by atoms with Crippen LogP contribution in [-0.4, -0.2) is 24.3 Å². The van der Waals surface area contributed by atoms with Crippen LogP contribution in [0.3, 0.4) is 0 Å². The van der Waals surface area contributed by atoms with Crippen molar-refractivity contribution in [3.8, 4) is 23.1 Å². The smallest absolute Gasteiger partial charge is 0.319 e. The number of hydrogen-bond donors (Lipinski definition) is 2. The number of nitrogens with one attached hydrogen (secondary N) is 2. The zero-order chi connectivity index (χ0) is 22.2. The molecule has 2 N–H and O–H groups in total. The first-order chi connectivity index (χ1) is 15.1. The number of nitriles is 1. The van der Waals surface area contributed by atoms with E-state index in [1.807, 2.05) is 42.5 Å². The quantitative estimate of drug-likeness (QED) is 0.424. The van der Waals surface area contributed by atoms with E-state index >= 15 is 0 Å². The van der Waals surface area contributed by atoms with Crippen molar-refractivity contribution in [1.82, 2.24) is 9.88 Å². The largest absolute Gasteiger partial charge is 0.497 e. The maximum atomic E-state index is 12.0. The molecule has 1 aromatic heterocycles. The first-order valence-electron chi connectivity index (χ1n) is 10.9. The Labute approximate surface area is 183 Å². The minimum absolute atomic E-state index is 0.205. The first kappa shape index (κ1) is 22.2. The molecule has 0 aliphatic heterocycles. The molecule has 6 heteroatoms. The van der Waals surface area contributed by atoms with Gasteiger partial charge in [-0.25, -0.2) is 4.79 Å². The van der Waals surface area contributed by atoms with Crippen LogP contribution in [0.25, 0.3) is 22.2 Å². The van der Waals surface area contributed by atoms with Crippen molar-refractivity contribution in [3.05, 3.63) is 48.0 Å². The molecule has 0 unspecified atom stereocenters. The van der Waals surface area contributed by atoms with E-state index in [9.17, 15) is 10.1 Å². The lowest BCUT2D eigenvalue weighted by Gasteiger charge is -2.12. The number of benzene rings is 2. The highest BCUT2D eigenvalue weighted by molar-refractivity contribution is 5.96. The summed E-state index contributed by atoms with van der Waals surface area (Å²) in [6.45, 7) is 5.72. The van der Waals surface area contributed by atoms with E-state index in [0.717, 1.165) is 60.1 Å². The van der Waals surface area contributed by atoms with Gasteiger partial charge in [-0.3, -0.25) is 0 Å².